The van der Waals surface area contributed by atoms with E-state index in [0.717, 1.165) is 11.4 Å². The SMILES string of the molecule is Cn1ccn(C[NH+]2CCN(S(=O)(=O)c3ccccc3C#N)CC2)c1=S. The van der Waals surface area contributed by atoms with E-state index < -0.39 is 10.0 Å². The van der Waals surface area contributed by atoms with Gasteiger partial charge in [0.1, 0.15) is 6.07 Å². The van der Waals surface area contributed by atoms with Gasteiger partial charge >= 0.3 is 0 Å². The second kappa shape index (κ2) is 7.09. The van der Waals surface area contributed by atoms with Crippen molar-refractivity contribution >= 4 is 22.2 Å². The first-order chi connectivity index (χ1) is 11.9. The molecule has 1 aromatic heterocycles. The zero-order valence-electron chi connectivity index (χ0n) is 13.9. The van der Waals surface area contributed by atoms with Crippen LogP contribution in [0.5, 0.6) is 0 Å². The summed E-state index contributed by atoms with van der Waals surface area (Å²) in [6, 6.07) is 8.31. The van der Waals surface area contributed by atoms with Gasteiger partial charge in [0.05, 0.1) is 36.6 Å². The quantitative estimate of drug-likeness (QED) is 0.759. The van der Waals surface area contributed by atoms with Gasteiger partial charge in [-0.3, -0.25) is 4.57 Å². The largest absolute Gasteiger partial charge is 0.327 e. The van der Waals surface area contributed by atoms with Crippen LogP contribution in [0.15, 0.2) is 41.6 Å². The highest BCUT2D eigenvalue weighted by molar-refractivity contribution is 7.89. The minimum atomic E-state index is -3.64. The summed E-state index contributed by atoms with van der Waals surface area (Å²) in [6.45, 7) is 2.98. The lowest BCUT2D eigenvalue weighted by molar-refractivity contribution is -0.926. The molecule has 0 unspecified atom stereocenters. The summed E-state index contributed by atoms with van der Waals surface area (Å²) in [5, 5.41) is 9.16. The Kier molecular flexibility index (Phi) is 5.06. The molecule has 2 heterocycles. The molecule has 25 heavy (non-hydrogen) atoms. The van der Waals surface area contributed by atoms with Gasteiger partial charge in [0.25, 0.3) is 0 Å². The van der Waals surface area contributed by atoms with Gasteiger partial charge in [-0.25, -0.2) is 8.42 Å². The van der Waals surface area contributed by atoms with E-state index in [9.17, 15) is 8.42 Å². The summed E-state index contributed by atoms with van der Waals surface area (Å²) in [7, 11) is -1.73. The van der Waals surface area contributed by atoms with Crippen molar-refractivity contribution in [2.75, 3.05) is 26.2 Å². The molecule has 3 rings (SSSR count). The Morgan fingerprint density at radius 1 is 1.24 bits per heavy atom. The van der Waals surface area contributed by atoms with Crippen LogP contribution in [0, 0.1) is 16.1 Å². The van der Waals surface area contributed by atoms with Gasteiger partial charge in [0.15, 0.2) is 11.4 Å². The van der Waals surface area contributed by atoms with Gasteiger partial charge in [0, 0.05) is 19.4 Å². The molecular weight excluding hydrogens is 358 g/mol. The van der Waals surface area contributed by atoms with Crippen molar-refractivity contribution in [3.63, 3.8) is 0 Å². The Labute approximate surface area is 152 Å². The van der Waals surface area contributed by atoms with Crippen LogP contribution in [0.1, 0.15) is 5.56 Å². The van der Waals surface area contributed by atoms with E-state index in [0.29, 0.717) is 26.2 Å². The van der Waals surface area contributed by atoms with E-state index in [1.54, 1.807) is 12.1 Å². The third kappa shape index (κ3) is 3.52. The van der Waals surface area contributed by atoms with Crippen molar-refractivity contribution in [3.05, 3.63) is 47.0 Å². The Balaban J connectivity index is 1.70. The van der Waals surface area contributed by atoms with E-state index in [-0.39, 0.29) is 10.5 Å². The summed E-state index contributed by atoms with van der Waals surface area (Å²) in [5.74, 6) is 0. The van der Waals surface area contributed by atoms with Gasteiger partial charge < -0.3 is 9.47 Å². The molecule has 1 aliphatic rings. The topological polar surface area (TPSA) is 75.5 Å². The van der Waals surface area contributed by atoms with Gasteiger partial charge in [0.2, 0.25) is 10.0 Å². The number of imidazole rings is 1. The lowest BCUT2D eigenvalue weighted by Crippen LogP contribution is -3.14. The number of nitrogens with one attached hydrogen (secondary N) is 1. The Morgan fingerprint density at radius 2 is 1.92 bits per heavy atom. The zero-order chi connectivity index (χ0) is 18.0. The Morgan fingerprint density at radius 3 is 2.52 bits per heavy atom. The molecule has 7 nitrogen and oxygen atoms in total. The molecule has 0 atom stereocenters. The monoisotopic (exact) mass is 378 g/mol. The third-order valence-corrected chi connectivity index (χ3v) is 6.95. The fourth-order valence-corrected chi connectivity index (χ4v) is 4.77. The first-order valence-electron chi connectivity index (χ1n) is 7.98. The molecule has 132 valence electrons. The first kappa shape index (κ1) is 17.8. The standard InChI is InChI=1S/C16H19N5O2S2/c1-18-6-9-20(16(18)24)13-19-7-10-21(11-8-19)25(22,23)15-5-3-2-4-14(15)12-17/h2-6,9H,7-8,10-11,13H2,1H3/p+1. The Bertz CT molecular complexity index is 963. The van der Waals surface area contributed by atoms with Crippen molar-refractivity contribution in [2.24, 2.45) is 7.05 Å². The third-order valence-electron chi connectivity index (χ3n) is 4.47. The number of rotatable bonds is 4. The van der Waals surface area contributed by atoms with Gasteiger partial charge in [-0.1, -0.05) is 12.1 Å². The molecule has 0 spiro atoms. The number of aromatic nitrogens is 2. The molecule has 0 amide bonds. The average Bonchev–Trinajstić information content (AvgIpc) is 2.94. The highest BCUT2D eigenvalue weighted by atomic mass is 32.2. The van der Waals surface area contributed by atoms with Crippen LogP contribution in [0.4, 0.5) is 0 Å². The van der Waals surface area contributed by atoms with Gasteiger partial charge in [-0.15, -0.1) is 0 Å². The maximum atomic E-state index is 12.8. The molecule has 1 aliphatic heterocycles. The Hall–Kier alpha value is -1.99. The maximum Gasteiger partial charge on any atom is 0.244 e. The number of aryl methyl sites for hydroxylation is 1. The van der Waals surface area contributed by atoms with Crippen LogP contribution in [-0.2, 0) is 23.7 Å². The van der Waals surface area contributed by atoms with Gasteiger partial charge in [-0.2, -0.15) is 9.57 Å². The number of hydrogen-bond acceptors (Lipinski definition) is 4. The van der Waals surface area contributed by atoms with Crippen LogP contribution in [0.3, 0.4) is 0 Å². The first-order valence-corrected chi connectivity index (χ1v) is 9.83. The average molecular weight is 379 g/mol. The normalized spacial score (nSPS) is 16.6. The maximum absolute atomic E-state index is 12.8. The summed E-state index contributed by atoms with van der Waals surface area (Å²) in [4.78, 5) is 1.37. The fourth-order valence-electron chi connectivity index (χ4n) is 3.00. The number of piperazine rings is 1. The predicted octanol–water partition coefficient (Wildman–Crippen LogP) is -0.0253. The zero-order valence-corrected chi connectivity index (χ0v) is 15.6. The van der Waals surface area contributed by atoms with Crippen LogP contribution in [-0.4, -0.2) is 48.0 Å². The number of hydrogen-bond donors (Lipinski definition) is 1. The van der Waals surface area contributed by atoms with Crippen molar-refractivity contribution < 1.29 is 13.3 Å². The van der Waals surface area contributed by atoms with Crippen molar-refractivity contribution in [1.29, 1.82) is 5.26 Å². The summed E-state index contributed by atoms with van der Waals surface area (Å²) < 4.78 is 31.8. The predicted molar refractivity (Wildman–Crippen MR) is 94.8 cm³/mol. The van der Waals surface area contributed by atoms with E-state index in [4.69, 9.17) is 17.5 Å². The van der Waals surface area contributed by atoms with Crippen molar-refractivity contribution in [2.45, 2.75) is 11.6 Å². The summed E-state index contributed by atoms with van der Waals surface area (Å²) >= 11 is 5.34. The molecular formula is C16H20N5O2S2+. The van der Waals surface area contributed by atoms with Crippen molar-refractivity contribution in [3.8, 4) is 6.07 Å². The highest BCUT2D eigenvalue weighted by Gasteiger charge is 2.31. The highest BCUT2D eigenvalue weighted by Crippen LogP contribution is 2.19. The number of nitrogens with zero attached hydrogens (tertiary/aromatic N) is 4. The van der Waals surface area contributed by atoms with E-state index >= 15 is 0 Å². The second-order valence-electron chi connectivity index (χ2n) is 6.08. The van der Waals surface area contributed by atoms with Crippen LogP contribution in [0.25, 0.3) is 0 Å². The minimum absolute atomic E-state index is 0.0891. The van der Waals surface area contributed by atoms with Crippen LogP contribution < -0.4 is 4.90 Å². The molecule has 0 aliphatic carbocycles. The summed E-state index contributed by atoms with van der Waals surface area (Å²) in [5.41, 5.74) is 0.188. The molecule has 0 saturated carbocycles. The smallest absolute Gasteiger partial charge is 0.244 e. The number of sulfonamides is 1. The second-order valence-corrected chi connectivity index (χ2v) is 8.35. The lowest BCUT2D eigenvalue weighted by Gasteiger charge is -2.31. The van der Waals surface area contributed by atoms with Gasteiger partial charge in [-0.05, 0) is 24.4 Å². The number of quaternary nitrogens is 1. The molecule has 1 N–H and O–H groups in total. The van der Waals surface area contributed by atoms with Crippen LogP contribution in [0.2, 0.25) is 0 Å². The molecule has 0 radical (unpaired) electrons. The number of benzene rings is 1. The minimum Gasteiger partial charge on any atom is -0.327 e. The molecule has 1 aromatic carbocycles. The van der Waals surface area contributed by atoms with Crippen molar-refractivity contribution in [1.82, 2.24) is 13.4 Å². The van der Waals surface area contributed by atoms with Crippen LogP contribution >= 0.6 is 12.2 Å². The summed E-state index contributed by atoms with van der Waals surface area (Å²) in [6.07, 6.45) is 3.86. The molecule has 1 fully saturated rings. The van der Waals surface area contributed by atoms with E-state index in [1.807, 2.05) is 34.6 Å². The fraction of sp³-hybridized carbons (Fsp3) is 0.375. The molecule has 9 heteroatoms. The molecule has 1 saturated heterocycles. The number of nitriles is 1. The van der Waals surface area contributed by atoms with E-state index in [1.165, 1.54) is 21.3 Å². The van der Waals surface area contributed by atoms with E-state index in [2.05, 4.69) is 0 Å². The molecule has 0 bridgehead atoms. The molecule has 2 aromatic rings. The lowest BCUT2D eigenvalue weighted by atomic mass is 10.2.